The van der Waals surface area contributed by atoms with Gasteiger partial charge in [-0.3, -0.25) is 0 Å². The van der Waals surface area contributed by atoms with Gasteiger partial charge in [0.1, 0.15) is 0 Å². The Morgan fingerprint density at radius 2 is 1.79 bits per heavy atom. The summed E-state index contributed by atoms with van der Waals surface area (Å²) in [5, 5.41) is 0. The van der Waals surface area contributed by atoms with Gasteiger partial charge in [0.2, 0.25) is 0 Å². The Labute approximate surface area is 118 Å². The second kappa shape index (κ2) is 4.46. The third kappa shape index (κ3) is 1.98. The van der Waals surface area contributed by atoms with Crippen LogP contribution in [-0.2, 0) is 0 Å². The minimum absolute atomic E-state index is 0.0394. The fourth-order valence-corrected chi connectivity index (χ4v) is 6.50. The van der Waals surface area contributed by atoms with E-state index in [2.05, 4.69) is 13.8 Å². The molecule has 0 aromatic rings. The average Bonchev–Trinajstić information content (AvgIpc) is 2.33. The van der Waals surface area contributed by atoms with Gasteiger partial charge in [0.25, 0.3) is 0 Å². The molecule has 2 nitrogen and oxygen atoms in total. The van der Waals surface area contributed by atoms with Crippen molar-refractivity contribution in [3.8, 4) is 0 Å². The standard InChI is InChI=1S/C17H32N2/c1-3-5-7-15-8-13-9-16(11-15,6-4-2)14(18)17(19,10-13)12-15/h13-14H,3-12,18-19H2,1-2H3. The summed E-state index contributed by atoms with van der Waals surface area (Å²) in [6.07, 6.45) is 13.3. The normalized spacial score (nSPS) is 51.8. The van der Waals surface area contributed by atoms with Gasteiger partial charge in [-0.2, -0.15) is 0 Å². The highest BCUT2D eigenvalue weighted by atomic mass is 14.9. The summed E-state index contributed by atoms with van der Waals surface area (Å²) in [5.74, 6) is 0.871. The Kier molecular flexibility index (Phi) is 3.26. The fourth-order valence-electron chi connectivity index (χ4n) is 6.50. The quantitative estimate of drug-likeness (QED) is 0.797. The van der Waals surface area contributed by atoms with Gasteiger partial charge in [-0.05, 0) is 61.7 Å². The van der Waals surface area contributed by atoms with Crippen LogP contribution in [0.5, 0.6) is 0 Å². The Morgan fingerprint density at radius 1 is 1.00 bits per heavy atom. The van der Waals surface area contributed by atoms with Crippen molar-refractivity contribution in [2.24, 2.45) is 28.2 Å². The number of hydrogen-bond acceptors (Lipinski definition) is 2. The van der Waals surface area contributed by atoms with Crippen molar-refractivity contribution < 1.29 is 0 Å². The molecule has 0 spiro atoms. The summed E-state index contributed by atoms with van der Waals surface area (Å²) in [4.78, 5) is 0. The Hall–Kier alpha value is -0.0800. The van der Waals surface area contributed by atoms with E-state index in [0.717, 1.165) is 5.92 Å². The molecule has 0 radical (unpaired) electrons. The molecular weight excluding hydrogens is 232 g/mol. The van der Waals surface area contributed by atoms with E-state index in [1.807, 2.05) is 0 Å². The Morgan fingerprint density at radius 3 is 2.47 bits per heavy atom. The monoisotopic (exact) mass is 264 g/mol. The zero-order valence-electron chi connectivity index (χ0n) is 12.9. The van der Waals surface area contributed by atoms with Gasteiger partial charge in [-0.1, -0.05) is 33.1 Å². The number of unbranched alkanes of at least 4 members (excludes halogenated alkanes) is 1. The maximum absolute atomic E-state index is 6.81. The third-order valence-corrected chi connectivity index (χ3v) is 6.60. The van der Waals surface area contributed by atoms with Crippen molar-refractivity contribution in [3.05, 3.63) is 0 Å². The molecule has 2 heteroatoms. The van der Waals surface area contributed by atoms with Gasteiger partial charge >= 0.3 is 0 Å². The van der Waals surface area contributed by atoms with E-state index in [1.54, 1.807) is 0 Å². The van der Waals surface area contributed by atoms with Gasteiger partial charge in [0.05, 0.1) is 0 Å². The minimum Gasteiger partial charge on any atom is -0.326 e. The van der Waals surface area contributed by atoms with Crippen molar-refractivity contribution in [2.75, 3.05) is 0 Å². The molecule has 0 aromatic heterocycles. The second-order valence-electron chi connectivity index (χ2n) is 8.26. The van der Waals surface area contributed by atoms with Gasteiger partial charge < -0.3 is 11.5 Å². The summed E-state index contributed by atoms with van der Waals surface area (Å²) in [5.41, 5.74) is 14.4. The summed E-state index contributed by atoms with van der Waals surface area (Å²) >= 11 is 0. The van der Waals surface area contributed by atoms with Crippen LogP contribution in [0.4, 0.5) is 0 Å². The van der Waals surface area contributed by atoms with E-state index in [4.69, 9.17) is 11.5 Å². The van der Waals surface area contributed by atoms with Crippen molar-refractivity contribution in [2.45, 2.75) is 89.6 Å². The van der Waals surface area contributed by atoms with Crippen molar-refractivity contribution in [1.29, 1.82) is 0 Å². The van der Waals surface area contributed by atoms with E-state index >= 15 is 0 Å². The largest absolute Gasteiger partial charge is 0.326 e. The molecule has 4 fully saturated rings. The van der Waals surface area contributed by atoms with Crippen LogP contribution in [0.1, 0.15) is 78.1 Å². The molecule has 4 N–H and O–H groups in total. The summed E-state index contributed by atoms with van der Waals surface area (Å²) < 4.78 is 0. The molecule has 4 bridgehead atoms. The lowest BCUT2D eigenvalue weighted by molar-refractivity contribution is -0.143. The van der Waals surface area contributed by atoms with Crippen LogP contribution < -0.4 is 11.5 Å². The molecule has 4 aliphatic carbocycles. The molecule has 0 heterocycles. The summed E-state index contributed by atoms with van der Waals surface area (Å²) in [7, 11) is 0. The van der Waals surface area contributed by atoms with Crippen LogP contribution in [0.3, 0.4) is 0 Å². The molecule has 19 heavy (non-hydrogen) atoms. The molecule has 4 rings (SSSR count). The molecular formula is C17H32N2. The highest BCUT2D eigenvalue weighted by Gasteiger charge is 2.65. The van der Waals surface area contributed by atoms with Crippen LogP contribution in [0.15, 0.2) is 0 Å². The van der Waals surface area contributed by atoms with Crippen molar-refractivity contribution in [1.82, 2.24) is 0 Å². The maximum Gasteiger partial charge on any atom is 0.0321 e. The maximum atomic E-state index is 6.81. The Bertz CT molecular complexity index is 355. The first-order chi connectivity index (χ1) is 8.98. The van der Waals surface area contributed by atoms with Crippen LogP contribution in [-0.4, -0.2) is 11.6 Å². The third-order valence-electron chi connectivity index (χ3n) is 6.60. The number of rotatable bonds is 5. The van der Waals surface area contributed by atoms with Gasteiger partial charge in [0.15, 0.2) is 0 Å². The minimum atomic E-state index is -0.0394. The SMILES string of the molecule is CCCCC12CC3CC(N)(C1)C(N)C(CCC)(C3)C2. The van der Waals surface area contributed by atoms with Crippen LogP contribution in [0.25, 0.3) is 0 Å². The van der Waals surface area contributed by atoms with Gasteiger partial charge in [-0.15, -0.1) is 0 Å². The van der Waals surface area contributed by atoms with Crippen molar-refractivity contribution >= 4 is 0 Å². The number of hydrogen-bond donors (Lipinski definition) is 2. The molecule has 0 amide bonds. The van der Waals surface area contributed by atoms with Crippen LogP contribution >= 0.6 is 0 Å². The molecule has 0 aliphatic heterocycles. The zero-order chi connectivity index (χ0) is 13.7. The smallest absolute Gasteiger partial charge is 0.0321 e. The molecule has 0 aromatic carbocycles. The van der Waals surface area contributed by atoms with E-state index in [9.17, 15) is 0 Å². The fraction of sp³-hybridized carbons (Fsp3) is 1.00. The molecule has 4 aliphatic rings. The lowest BCUT2D eigenvalue weighted by Crippen LogP contribution is -2.75. The predicted molar refractivity (Wildman–Crippen MR) is 80.8 cm³/mol. The molecule has 5 unspecified atom stereocenters. The molecule has 4 saturated carbocycles. The second-order valence-corrected chi connectivity index (χ2v) is 8.26. The van der Waals surface area contributed by atoms with E-state index in [-0.39, 0.29) is 11.6 Å². The number of nitrogens with two attached hydrogens (primary N) is 2. The highest BCUT2D eigenvalue weighted by molar-refractivity contribution is 5.21. The van der Waals surface area contributed by atoms with Gasteiger partial charge in [-0.25, -0.2) is 0 Å². The van der Waals surface area contributed by atoms with Crippen molar-refractivity contribution in [3.63, 3.8) is 0 Å². The first kappa shape index (κ1) is 13.9. The first-order valence-electron chi connectivity index (χ1n) is 8.52. The summed E-state index contributed by atoms with van der Waals surface area (Å²) in [6, 6.07) is 0.256. The lowest BCUT2D eigenvalue weighted by atomic mass is 9.39. The lowest BCUT2D eigenvalue weighted by Gasteiger charge is -2.69. The molecule has 110 valence electrons. The van der Waals surface area contributed by atoms with Crippen LogP contribution in [0, 0.1) is 16.7 Å². The average molecular weight is 264 g/mol. The predicted octanol–water partition coefficient (Wildman–Crippen LogP) is 3.58. The zero-order valence-corrected chi connectivity index (χ0v) is 12.9. The highest BCUT2D eigenvalue weighted by Crippen LogP contribution is 2.67. The van der Waals surface area contributed by atoms with E-state index < -0.39 is 0 Å². The molecule has 5 atom stereocenters. The first-order valence-corrected chi connectivity index (χ1v) is 8.52. The van der Waals surface area contributed by atoms with Gasteiger partial charge in [0, 0.05) is 11.6 Å². The van der Waals surface area contributed by atoms with Crippen LogP contribution in [0.2, 0.25) is 0 Å². The summed E-state index contributed by atoms with van der Waals surface area (Å²) in [6.45, 7) is 4.62. The molecule has 0 saturated heterocycles. The topological polar surface area (TPSA) is 52.0 Å². The Balaban J connectivity index is 1.91. The van der Waals surface area contributed by atoms with E-state index in [0.29, 0.717) is 10.8 Å². The van der Waals surface area contributed by atoms with E-state index in [1.165, 1.54) is 64.2 Å².